The Hall–Kier alpha value is -2.82. The number of anilines is 1. The van der Waals surface area contributed by atoms with E-state index in [2.05, 4.69) is 0 Å². The second-order valence-corrected chi connectivity index (χ2v) is 5.06. The molecule has 2 aromatic rings. The second-order valence-electron chi connectivity index (χ2n) is 5.06. The average Bonchev–Trinajstić information content (AvgIpc) is 2.56. The molecule has 0 spiro atoms. The molecule has 2 aromatic carbocycles. The van der Waals surface area contributed by atoms with Crippen molar-refractivity contribution in [3.05, 3.63) is 59.2 Å². The molecule has 0 bridgehead atoms. The second kappa shape index (κ2) is 6.96. The highest BCUT2D eigenvalue weighted by molar-refractivity contribution is 6.14. The van der Waals surface area contributed by atoms with Gasteiger partial charge in [0.25, 0.3) is 0 Å². The van der Waals surface area contributed by atoms with E-state index in [0.29, 0.717) is 5.69 Å². The van der Waals surface area contributed by atoms with Crippen LogP contribution in [-0.4, -0.2) is 35.1 Å². The number of carboxylic acid groups (broad SMARTS) is 1. The Bertz CT molecular complexity index is 736. The molecule has 2 N–H and O–H groups in total. The Morgan fingerprint density at radius 1 is 1.00 bits per heavy atom. The van der Waals surface area contributed by atoms with Crippen LogP contribution >= 0.6 is 0 Å². The van der Waals surface area contributed by atoms with Crippen molar-refractivity contribution in [1.29, 1.82) is 0 Å². The van der Waals surface area contributed by atoms with Crippen LogP contribution in [0.3, 0.4) is 0 Å². The molecule has 0 heterocycles. The molecule has 0 aliphatic carbocycles. The van der Waals surface area contributed by atoms with Crippen molar-refractivity contribution >= 4 is 17.4 Å². The predicted molar refractivity (Wildman–Crippen MR) is 88.5 cm³/mol. The van der Waals surface area contributed by atoms with Crippen LogP contribution in [0.15, 0.2) is 42.5 Å². The molecule has 120 valence electrons. The van der Waals surface area contributed by atoms with Gasteiger partial charge in [0, 0.05) is 24.2 Å². The van der Waals surface area contributed by atoms with E-state index in [1.165, 1.54) is 18.2 Å². The number of ketones is 1. The third-order valence-electron chi connectivity index (χ3n) is 3.74. The smallest absolute Gasteiger partial charge is 0.336 e. The van der Waals surface area contributed by atoms with Crippen molar-refractivity contribution in [3.8, 4) is 5.75 Å². The van der Waals surface area contributed by atoms with Crippen molar-refractivity contribution in [3.63, 3.8) is 0 Å². The summed E-state index contributed by atoms with van der Waals surface area (Å²) >= 11 is 0. The molecule has 2 rings (SSSR count). The zero-order valence-corrected chi connectivity index (χ0v) is 13.1. The lowest BCUT2D eigenvalue weighted by Crippen LogP contribution is -2.22. The first kappa shape index (κ1) is 16.5. The molecule has 0 saturated heterocycles. The van der Waals surface area contributed by atoms with Crippen LogP contribution in [0.4, 0.5) is 5.69 Å². The number of phenolic OH excluding ortho intramolecular Hbond substituents is 1. The van der Waals surface area contributed by atoms with Crippen LogP contribution in [-0.2, 0) is 0 Å². The number of hydrogen-bond acceptors (Lipinski definition) is 4. The van der Waals surface area contributed by atoms with Crippen LogP contribution in [0.25, 0.3) is 0 Å². The number of carboxylic acids is 1. The number of rotatable bonds is 6. The molecule has 0 radical (unpaired) electrons. The van der Waals surface area contributed by atoms with E-state index in [0.717, 1.165) is 13.1 Å². The van der Waals surface area contributed by atoms with Crippen LogP contribution in [0, 0.1) is 0 Å². The van der Waals surface area contributed by atoms with Crippen LogP contribution in [0.2, 0.25) is 0 Å². The monoisotopic (exact) mass is 313 g/mol. The quantitative estimate of drug-likeness (QED) is 0.801. The van der Waals surface area contributed by atoms with Crippen LogP contribution < -0.4 is 4.90 Å². The highest BCUT2D eigenvalue weighted by Gasteiger charge is 2.19. The highest BCUT2D eigenvalue weighted by atomic mass is 16.4. The standard InChI is InChI=1S/C18H19NO4/c1-3-19(4-2)15-10-9-12(11-16(15)20)17(21)13-7-5-6-8-14(13)18(22)23/h5-11,20H,3-4H2,1-2H3,(H,22,23). The van der Waals surface area contributed by atoms with Crippen molar-refractivity contribution in [2.45, 2.75) is 13.8 Å². The molecule has 0 unspecified atom stereocenters. The van der Waals surface area contributed by atoms with Crippen molar-refractivity contribution in [2.24, 2.45) is 0 Å². The minimum Gasteiger partial charge on any atom is -0.506 e. The van der Waals surface area contributed by atoms with Gasteiger partial charge >= 0.3 is 5.97 Å². The summed E-state index contributed by atoms with van der Waals surface area (Å²) in [7, 11) is 0. The minimum absolute atomic E-state index is 0.00681. The molecule has 0 amide bonds. The van der Waals surface area contributed by atoms with E-state index in [4.69, 9.17) is 0 Å². The van der Waals surface area contributed by atoms with Crippen LogP contribution in [0.5, 0.6) is 5.75 Å². The summed E-state index contributed by atoms with van der Waals surface area (Å²) in [4.78, 5) is 25.8. The number of nitrogens with zero attached hydrogens (tertiary/aromatic N) is 1. The van der Waals surface area contributed by atoms with E-state index in [1.54, 1.807) is 24.3 Å². The van der Waals surface area contributed by atoms with E-state index in [9.17, 15) is 19.8 Å². The Balaban J connectivity index is 2.42. The maximum atomic E-state index is 12.6. The number of benzene rings is 2. The molecule has 0 saturated carbocycles. The summed E-state index contributed by atoms with van der Waals surface area (Å²) in [6.45, 7) is 5.43. The first-order valence-electron chi connectivity index (χ1n) is 7.44. The lowest BCUT2D eigenvalue weighted by molar-refractivity contribution is 0.0693. The minimum atomic E-state index is -1.15. The van der Waals surface area contributed by atoms with Gasteiger partial charge in [-0.1, -0.05) is 18.2 Å². The van der Waals surface area contributed by atoms with Gasteiger partial charge in [0.1, 0.15) is 5.75 Å². The summed E-state index contributed by atoms with van der Waals surface area (Å²) in [5.74, 6) is -1.57. The number of aromatic carboxylic acids is 1. The van der Waals surface area contributed by atoms with E-state index in [1.807, 2.05) is 18.7 Å². The SMILES string of the molecule is CCN(CC)c1ccc(C(=O)c2ccccc2C(=O)O)cc1O. The average molecular weight is 313 g/mol. The van der Waals surface area contributed by atoms with E-state index < -0.39 is 11.8 Å². The number of aromatic hydroxyl groups is 1. The largest absolute Gasteiger partial charge is 0.506 e. The van der Waals surface area contributed by atoms with Crippen molar-refractivity contribution in [2.75, 3.05) is 18.0 Å². The maximum absolute atomic E-state index is 12.6. The molecular weight excluding hydrogens is 294 g/mol. The highest BCUT2D eigenvalue weighted by Crippen LogP contribution is 2.29. The van der Waals surface area contributed by atoms with E-state index in [-0.39, 0.29) is 22.4 Å². The van der Waals surface area contributed by atoms with Gasteiger partial charge in [0.15, 0.2) is 5.78 Å². The van der Waals surface area contributed by atoms with Gasteiger partial charge in [-0.3, -0.25) is 4.79 Å². The predicted octanol–water partition coefficient (Wildman–Crippen LogP) is 3.17. The fraction of sp³-hybridized carbons (Fsp3) is 0.222. The summed E-state index contributed by atoms with van der Waals surface area (Å²) in [6.07, 6.45) is 0. The maximum Gasteiger partial charge on any atom is 0.336 e. The number of carbonyl (C=O) groups is 2. The molecular formula is C18H19NO4. The summed E-state index contributed by atoms with van der Waals surface area (Å²) in [5.41, 5.74) is 0.963. The van der Waals surface area contributed by atoms with E-state index >= 15 is 0 Å². The summed E-state index contributed by atoms with van der Waals surface area (Å²) in [5, 5.41) is 19.4. The zero-order chi connectivity index (χ0) is 17.0. The first-order chi connectivity index (χ1) is 11.0. The molecule has 5 nitrogen and oxygen atoms in total. The Labute approximate surface area is 134 Å². The molecule has 0 atom stereocenters. The van der Waals surface area contributed by atoms with Gasteiger partial charge in [-0.05, 0) is 38.1 Å². The van der Waals surface area contributed by atoms with Crippen LogP contribution in [0.1, 0.15) is 40.1 Å². The lowest BCUT2D eigenvalue weighted by Gasteiger charge is -2.22. The zero-order valence-electron chi connectivity index (χ0n) is 13.1. The summed E-state index contributed by atoms with van der Waals surface area (Å²) < 4.78 is 0. The number of phenols is 1. The topological polar surface area (TPSA) is 77.8 Å². The molecule has 0 aliphatic heterocycles. The Morgan fingerprint density at radius 3 is 2.13 bits per heavy atom. The summed E-state index contributed by atoms with van der Waals surface area (Å²) in [6, 6.07) is 10.7. The fourth-order valence-corrected chi connectivity index (χ4v) is 2.52. The third-order valence-corrected chi connectivity index (χ3v) is 3.74. The fourth-order valence-electron chi connectivity index (χ4n) is 2.52. The van der Waals surface area contributed by atoms with Gasteiger partial charge in [-0.25, -0.2) is 4.79 Å². The van der Waals surface area contributed by atoms with Gasteiger partial charge in [0.05, 0.1) is 11.3 Å². The van der Waals surface area contributed by atoms with Crippen molar-refractivity contribution in [1.82, 2.24) is 0 Å². The Morgan fingerprint density at radius 2 is 1.61 bits per heavy atom. The van der Waals surface area contributed by atoms with Gasteiger partial charge < -0.3 is 15.1 Å². The third kappa shape index (κ3) is 3.34. The van der Waals surface area contributed by atoms with Gasteiger partial charge in [-0.15, -0.1) is 0 Å². The molecule has 0 aromatic heterocycles. The Kier molecular flexibility index (Phi) is 5.01. The molecule has 23 heavy (non-hydrogen) atoms. The molecule has 0 aliphatic rings. The molecule has 0 fully saturated rings. The number of carbonyl (C=O) groups excluding carboxylic acids is 1. The lowest BCUT2D eigenvalue weighted by atomic mass is 9.98. The van der Waals surface area contributed by atoms with Gasteiger partial charge in [-0.2, -0.15) is 0 Å². The van der Waals surface area contributed by atoms with Gasteiger partial charge in [0.2, 0.25) is 0 Å². The number of hydrogen-bond donors (Lipinski definition) is 2. The normalized spacial score (nSPS) is 10.3. The molecule has 5 heteroatoms. The first-order valence-corrected chi connectivity index (χ1v) is 7.44. The van der Waals surface area contributed by atoms with Crippen molar-refractivity contribution < 1.29 is 19.8 Å².